The number of likely N-dealkylation sites (tertiary alicyclic amines) is 1. The zero-order valence-corrected chi connectivity index (χ0v) is 17.2. The lowest BCUT2D eigenvalue weighted by molar-refractivity contribution is 0.0680. The maximum Gasteiger partial charge on any atom is 0.289 e. The minimum Gasteiger partial charge on any atom is -0.459 e. The zero-order chi connectivity index (χ0) is 21.2. The number of piperidine rings is 1. The van der Waals surface area contributed by atoms with Crippen LogP contribution in [-0.4, -0.2) is 39.0 Å². The van der Waals surface area contributed by atoms with Gasteiger partial charge >= 0.3 is 0 Å². The molecule has 3 aromatic heterocycles. The molecule has 4 heterocycles. The summed E-state index contributed by atoms with van der Waals surface area (Å²) in [6.07, 6.45) is 4.96. The Balaban J connectivity index is 1.45. The minimum absolute atomic E-state index is 0.0674. The fraction of sp³-hybridized carbons (Fsp3) is 0.250. The topological polar surface area (TPSA) is 85.3 Å². The lowest BCUT2D eigenvalue weighted by Crippen LogP contribution is -2.38. The number of benzene rings is 1. The van der Waals surface area contributed by atoms with Crippen molar-refractivity contribution in [2.45, 2.75) is 25.7 Å². The van der Waals surface area contributed by atoms with Crippen LogP contribution in [-0.2, 0) is 0 Å². The molecule has 7 nitrogen and oxygen atoms in total. The van der Waals surface area contributed by atoms with Crippen molar-refractivity contribution in [2.24, 2.45) is 0 Å². The number of amides is 1. The summed E-state index contributed by atoms with van der Waals surface area (Å²) in [6.45, 7) is 3.18. The van der Waals surface area contributed by atoms with Gasteiger partial charge in [-0.25, -0.2) is 9.97 Å². The van der Waals surface area contributed by atoms with Gasteiger partial charge in [0.2, 0.25) is 0 Å². The van der Waals surface area contributed by atoms with Crippen molar-refractivity contribution < 1.29 is 13.7 Å². The Bertz CT molecular complexity index is 1180. The van der Waals surface area contributed by atoms with Crippen LogP contribution in [0.15, 0.2) is 69.9 Å². The van der Waals surface area contributed by atoms with E-state index in [-0.39, 0.29) is 11.8 Å². The quantitative estimate of drug-likeness (QED) is 0.480. The van der Waals surface area contributed by atoms with E-state index in [9.17, 15) is 4.79 Å². The summed E-state index contributed by atoms with van der Waals surface area (Å²) >= 11 is 0. The molecule has 0 unspecified atom stereocenters. The average molecular weight is 414 g/mol. The van der Waals surface area contributed by atoms with E-state index >= 15 is 0 Å². The summed E-state index contributed by atoms with van der Waals surface area (Å²) in [7, 11) is 0. The number of carbonyl (C=O) groups excluding carboxylic acids is 1. The molecule has 0 N–H and O–H groups in total. The van der Waals surface area contributed by atoms with Gasteiger partial charge in [-0.05, 0) is 31.9 Å². The van der Waals surface area contributed by atoms with Gasteiger partial charge in [0, 0.05) is 36.8 Å². The molecule has 7 heteroatoms. The van der Waals surface area contributed by atoms with Gasteiger partial charge in [-0.15, -0.1) is 0 Å². The molecule has 0 radical (unpaired) electrons. The summed E-state index contributed by atoms with van der Waals surface area (Å²) < 4.78 is 10.8. The first kappa shape index (κ1) is 19.2. The van der Waals surface area contributed by atoms with E-state index in [2.05, 4.69) is 10.1 Å². The number of hydrogen-bond donors (Lipinski definition) is 0. The maximum atomic E-state index is 12.6. The van der Waals surface area contributed by atoms with Crippen LogP contribution in [0.1, 0.15) is 40.7 Å². The molecule has 0 saturated carbocycles. The molecule has 1 aliphatic rings. The SMILES string of the molecule is Cc1cc(-c2cnc(-c3ccccc3)nc2C2CCN(C(=O)c3ccco3)CC2)on1. The van der Waals surface area contributed by atoms with Crippen LogP contribution in [0.25, 0.3) is 22.7 Å². The Morgan fingerprint density at radius 3 is 2.58 bits per heavy atom. The molecule has 1 saturated heterocycles. The van der Waals surface area contributed by atoms with Gasteiger partial charge in [-0.2, -0.15) is 0 Å². The summed E-state index contributed by atoms with van der Waals surface area (Å²) in [5.41, 5.74) is 3.58. The van der Waals surface area contributed by atoms with Crippen molar-refractivity contribution in [3.8, 4) is 22.7 Å². The van der Waals surface area contributed by atoms with E-state index in [1.54, 1.807) is 12.1 Å². The number of carbonyl (C=O) groups is 1. The number of nitrogens with zero attached hydrogens (tertiary/aromatic N) is 4. The van der Waals surface area contributed by atoms with E-state index in [4.69, 9.17) is 13.9 Å². The second-order valence-corrected chi connectivity index (χ2v) is 7.73. The second kappa shape index (κ2) is 8.18. The van der Waals surface area contributed by atoms with Gasteiger partial charge in [-0.1, -0.05) is 35.5 Å². The highest BCUT2D eigenvalue weighted by Gasteiger charge is 2.29. The molecule has 156 valence electrons. The molecule has 5 rings (SSSR count). The Morgan fingerprint density at radius 1 is 1.10 bits per heavy atom. The third-order valence-corrected chi connectivity index (χ3v) is 5.64. The van der Waals surface area contributed by atoms with E-state index < -0.39 is 0 Å². The van der Waals surface area contributed by atoms with Crippen molar-refractivity contribution in [3.63, 3.8) is 0 Å². The molecule has 1 fully saturated rings. The van der Waals surface area contributed by atoms with Crippen LogP contribution in [0.4, 0.5) is 0 Å². The van der Waals surface area contributed by atoms with Gasteiger partial charge in [0.05, 0.1) is 23.2 Å². The zero-order valence-electron chi connectivity index (χ0n) is 17.2. The molecule has 0 atom stereocenters. The lowest BCUT2D eigenvalue weighted by Gasteiger charge is -2.31. The minimum atomic E-state index is -0.0674. The van der Waals surface area contributed by atoms with Crippen molar-refractivity contribution >= 4 is 5.91 Å². The molecule has 0 bridgehead atoms. The first-order valence-corrected chi connectivity index (χ1v) is 10.4. The van der Waals surface area contributed by atoms with E-state index in [0.29, 0.717) is 30.4 Å². The fourth-order valence-electron chi connectivity index (χ4n) is 4.02. The van der Waals surface area contributed by atoms with E-state index in [0.717, 1.165) is 35.4 Å². The summed E-state index contributed by atoms with van der Waals surface area (Å²) in [5.74, 6) is 1.85. The third-order valence-electron chi connectivity index (χ3n) is 5.64. The van der Waals surface area contributed by atoms with Gasteiger partial charge in [0.15, 0.2) is 17.3 Å². The summed E-state index contributed by atoms with van der Waals surface area (Å²) in [6, 6.07) is 15.3. The van der Waals surface area contributed by atoms with Gasteiger partial charge in [0.25, 0.3) is 5.91 Å². The van der Waals surface area contributed by atoms with Crippen LogP contribution < -0.4 is 0 Å². The van der Waals surface area contributed by atoms with Crippen LogP contribution in [0, 0.1) is 6.92 Å². The van der Waals surface area contributed by atoms with Crippen LogP contribution in [0.5, 0.6) is 0 Å². The highest BCUT2D eigenvalue weighted by Crippen LogP contribution is 2.35. The molecule has 1 aromatic carbocycles. The highest BCUT2D eigenvalue weighted by atomic mass is 16.5. The van der Waals surface area contributed by atoms with E-state index in [1.807, 2.05) is 54.4 Å². The predicted molar refractivity (Wildman–Crippen MR) is 114 cm³/mol. The molecule has 31 heavy (non-hydrogen) atoms. The Hall–Kier alpha value is -3.74. The number of hydrogen-bond acceptors (Lipinski definition) is 6. The summed E-state index contributed by atoms with van der Waals surface area (Å²) in [4.78, 5) is 24.0. The molecule has 0 aliphatic carbocycles. The number of aryl methyl sites for hydroxylation is 1. The van der Waals surface area contributed by atoms with Crippen LogP contribution in [0.3, 0.4) is 0 Å². The number of aromatic nitrogens is 3. The average Bonchev–Trinajstić information content (AvgIpc) is 3.51. The van der Waals surface area contributed by atoms with Gasteiger partial charge in [0.1, 0.15) is 0 Å². The second-order valence-electron chi connectivity index (χ2n) is 7.73. The lowest BCUT2D eigenvalue weighted by atomic mass is 9.90. The first-order valence-electron chi connectivity index (χ1n) is 10.4. The number of rotatable bonds is 4. The molecular weight excluding hydrogens is 392 g/mol. The Kier molecular flexibility index (Phi) is 5.08. The molecule has 4 aromatic rings. The van der Waals surface area contributed by atoms with E-state index in [1.165, 1.54) is 6.26 Å². The smallest absolute Gasteiger partial charge is 0.289 e. The normalized spacial score (nSPS) is 14.7. The van der Waals surface area contributed by atoms with Crippen LogP contribution >= 0.6 is 0 Å². The molecule has 0 spiro atoms. The van der Waals surface area contributed by atoms with Crippen LogP contribution in [0.2, 0.25) is 0 Å². The Morgan fingerprint density at radius 2 is 1.90 bits per heavy atom. The fourth-order valence-corrected chi connectivity index (χ4v) is 4.02. The maximum absolute atomic E-state index is 12.6. The largest absolute Gasteiger partial charge is 0.459 e. The first-order chi connectivity index (χ1) is 15.2. The number of furan rings is 1. The molecule has 1 amide bonds. The van der Waals surface area contributed by atoms with Crippen molar-refractivity contribution in [1.29, 1.82) is 0 Å². The van der Waals surface area contributed by atoms with Gasteiger partial charge in [-0.3, -0.25) is 4.79 Å². The third kappa shape index (κ3) is 3.86. The summed E-state index contributed by atoms with van der Waals surface area (Å²) in [5, 5.41) is 4.03. The molecular formula is C24H22N4O3. The molecule has 1 aliphatic heterocycles. The van der Waals surface area contributed by atoms with Crippen molar-refractivity contribution in [2.75, 3.05) is 13.1 Å². The monoisotopic (exact) mass is 414 g/mol. The highest BCUT2D eigenvalue weighted by molar-refractivity contribution is 5.91. The van der Waals surface area contributed by atoms with Crippen molar-refractivity contribution in [3.05, 3.63) is 78.1 Å². The predicted octanol–water partition coefficient (Wildman–Crippen LogP) is 4.72. The standard InChI is InChI=1S/C24H22N4O3/c1-16-14-21(31-27-16)19-15-25-23(18-6-3-2-4-7-18)26-22(19)17-9-11-28(12-10-17)24(29)20-8-5-13-30-20/h2-8,13-15,17H,9-12H2,1H3. The Labute approximate surface area is 179 Å². The van der Waals surface area contributed by atoms with Crippen molar-refractivity contribution in [1.82, 2.24) is 20.0 Å². The van der Waals surface area contributed by atoms with Gasteiger partial charge < -0.3 is 13.8 Å².